The Balaban J connectivity index is 1.46. The first-order valence-electron chi connectivity index (χ1n) is 11.6. The zero-order chi connectivity index (χ0) is 25.0. The zero-order valence-electron chi connectivity index (χ0n) is 19.2. The zero-order valence-corrected chi connectivity index (χ0v) is 19.2. The summed E-state index contributed by atoms with van der Waals surface area (Å²) in [5.41, 5.74) is 0.0823. The smallest absolute Gasteiger partial charge is 0.427 e. The van der Waals surface area contributed by atoms with Crippen LogP contribution in [0.5, 0.6) is 5.75 Å². The van der Waals surface area contributed by atoms with E-state index in [0.29, 0.717) is 28.8 Å². The molecule has 4 rings (SSSR count). The molecule has 1 amide bonds. The first-order valence-corrected chi connectivity index (χ1v) is 11.6. The van der Waals surface area contributed by atoms with Gasteiger partial charge in [0.1, 0.15) is 11.4 Å². The van der Waals surface area contributed by atoms with Crippen molar-refractivity contribution in [3.8, 4) is 5.75 Å². The Morgan fingerprint density at radius 3 is 2.60 bits per heavy atom. The van der Waals surface area contributed by atoms with Gasteiger partial charge in [-0.15, -0.1) is 0 Å². The molecule has 0 spiro atoms. The fraction of sp³-hybridized carbons (Fsp3) is 0.346. The number of alkyl halides is 3. The van der Waals surface area contributed by atoms with Gasteiger partial charge in [-0.05, 0) is 56.0 Å². The second kappa shape index (κ2) is 10.3. The van der Waals surface area contributed by atoms with Crippen LogP contribution < -0.4 is 15.4 Å². The van der Waals surface area contributed by atoms with Crippen molar-refractivity contribution in [1.82, 2.24) is 10.3 Å². The molecule has 6 nitrogen and oxygen atoms in total. The number of rotatable bonds is 6. The molecule has 1 fully saturated rings. The van der Waals surface area contributed by atoms with E-state index in [2.05, 4.69) is 15.6 Å². The number of benzene rings is 2. The van der Waals surface area contributed by atoms with E-state index < -0.39 is 11.9 Å². The number of hydrogen-bond acceptors (Lipinski definition) is 5. The van der Waals surface area contributed by atoms with Crippen molar-refractivity contribution in [3.05, 3.63) is 65.9 Å². The summed E-state index contributed by atoms with van der Waals surface area (Å²) in [6.45, 7) is 1.69. The van der Waals surface area contributed by atoms with Crippen LogP contribution in [-0.4, -0.2) is 28.9 Å². The summed E-state index contributed by atoms with van der Waals surface area (Å²) < 4.78 is 45.4. The van der Waals surface area contributed by atoms with Crippen LogP contribution in [0.4, 0.5) is 18.9 Å². The van der Waals surface area contributed by atoms with Crippen molar-refractivity contribution in [2.75, 3.05) is 5.32 Å². The lowest BCUT2D eigenvalue weighted by molar-refractivity contribution is -0.141. The monoisotopic (exact) mass is 485 g/mol. The molecule has 1 aliphatic rings. The van der Waals surface area contributed by atoms with Crippen molar-refractivity contribution in [3.63, 3.8) is 0 Å². The average molecular weight is 486 g/mol. The van der Waals surface area contributed by atoms with Crippen LogP contribution in [0.1, 0.15) is 55.1 Å². The summed E-state index contributed by atoms with van der Waals surface area (Å²) in [7, 11) is 0. The van der Waals surface area contributed by atoms with Crippen LogP contribution in [0.3, 0.4) is 0 Å². The van der Waals surface area contributed by atoms with E-state index in [1.165, 1.54) is 6.07 Å². The predicted octanol–water partition coefficient (Wildman–Crippen LogP) is 5.72. The third-order valence-electron chi connectivity index (χ3n) is 5.99. The number of halogens is 3. The Labute approximate surface area is 200 Å². The maximum Gasteiger partial charge on any atom is 0.433 e. The number of esters is 1. The molecule has 0 saturated heterocycles. The van der Waals surface area contributed by atoms with Gasteiger partial charge in [-0.25, -0.2) is 4.98 Å². The minimum atomic E-state index is -4.55. The second-order valence-electron chi connectivity index (χ2n) is 8.60. The van der Waals surface area contributed by atoms with Gasteiger partial charge in [-0.3, -0.25) is 9.59 Å². The summed E-state index contributed by atoms with van der Waals surface area (Å²) >= 11 is 0. The first-order chi connectivity index (χ1) is 16.7. The van der Waals surface area contributed by atoms with Gasteiger partial charge in [0.2, 0.25) is 0 Å². The molecule has 2 N–H and O–H groups in total. The number of amides is 1. The summed E-state index contributed by atoms with van der Waals surface area (Å²) in [5, 5.41) is 6.89. The van der Waals surface area contributed by atoms with Crippen LogP contribution >= 0.6 is 0 Å². The van der Waals surface area contributed by atoms with E-state index in [1.54, 1.807) is 49.4 Å². The van der Waals surface area contributed by atoms with Crippen LogP contribution in [0.15, 0.2) is 54.6 Å². The second-order valence-corrected chi connectivity index (χ2v) is 8.60. The number of carbonyl (C=O) groups is 2. The van der Waals surface area contributed by atoms with E-state index in [9.17, 15) is 22.8 Å². The third kappa shape index (κ3) is 6.09. The van der Waals surface area contributed by atoms with Crippen LogP contribution in [-0.2, 0) is 11.0 Å². The van der Waals surface area contributed by atoms with Gasteiger partial charge in [0.15, 0.2) is 0 Å². The number of para-hydroxylation sites is 1. The van der Waals surface area contributed by atoms with E-state index in [0.717, 1.165) is 25.3 Å². The highest BCUT2D eigenvalue weighted by molar-refractivity contribution is 5.95. The Morgan fingerprint density at radius 1 is 1.06 bits per heavy atom. The van der Waals surface area contributed by atoms with Crippen molar-refractivity contribution >= 4 is 28.5 Å². The molecular formula is C26H26F3N3O3. The van der Waals surface area contributed by atoms with Gasteiger partial charge >= 0.3 is 12.1 Å². The van der Waals surface area contributed by atoms with Crippen molar-refractivity contribution in [2.45, 2.75) is 57.3 Å². The number of aromatic nitrogens is 1. The molecule has 3 aromatic rings. The number of nitrogens with zero attached hydrogens (tertiary/aromatic N) is 1. The number of pyridine rings is 1. The molecule has 2 aromatic carbocycles. The average Bonchev–Trinajstić information content (AvgIpc) is 2.83. The summed E-state index contributed by atoms with van der Waals surface area (Å²) in [6.07, 6.45) is -1.42. The topological polar surface area (TPSA) is 80.3 Å². The number of nitrogens with one attached hydrogen (secondary N) is 2. The SMILES string of the molecule is CCC(=O)Oc1cccc(C(=O)N[C@@H]2CCC[C@H](Nc3cc(C(F)(F)F)nc4ccccc34)C2)c1. The number of anilines is 1. The highest BCUT2D eigenvalue weighted by atomic mass is 19.4. The molecule has 9 heteroatoms. The molecule has 1 heterocycles. The normalized spacial score (nSPS) is 18.2. The first kappa shape index (κ1) is 24.5. The molecule has 0 aliphatic heterocycles. The number of ether oxygens (including phenoxy) is 1. The summed E-state index contributed by atoms with van der Waals surface area (Å²) in [4.78, 5) is 28.1. The lowest BCUT2D eigenvalue weighted by Gasteiger charge is -2.31. The summed E-state index contributed by atoms with van der Waals surface area (Å²) in [6, 6.07) is 13.9. The van der Waals surface area contributed by atoms with Gasteiger partial charge in [0.25, 0.3) is 5.91 Å². The van der Waals surface area contributed by atoms with Gasteiger partial charge in [0.05, 0.1) is 5.52 Å². The summed E-state index contributed by atoms with van der Waals surface area (Å²) in [5.74, 6) is -0.377. The molecule has 0 unspecified atom stereocenters. The fourth-order valence-electron chi connectivity index (χ4n) is 4.29. The quantitative estimate of drug-likeness (QED) is 0.345. The van der Waals surface area contributed by atoms with Crippen molar-refractivity contribution in [1.29, 1.82) is 0 Å². The highest BCUT2D eigenvalue weighted by Gasteiger charge is 2.34. The van der Waals surface area contributed by atoms with Crippen molar-refractivity contribution in [2.24, 2.45) is 0 Å². The molecular weight excluding hydrogens is 459 g/mol. The van der Waals surface area contributed by atoms with Gasteiger partial charge in [0, 0.05) is 35.1 Å². The number of carbonyl (C=O) groups excluding carboxylic acids is 2. The molecule has 0 bridgehead atoms. The maximum atomic E-state index is 13.4. The van der Waals surface area contributed by atoms with Crippen LogP contribution in [0.25, 0.3) is 10.9 Å². The number of fused-ring (bicyclic) bond motifs is 1. The Hall–Kier alpha value is -3.62. The molecule has 184 valence electrons. The molecule has 1 aliphatic carbocycles. The fourth-order valence-corrected chi connectivity index (χ4v) is 4.29. The Bertz CT molecular complexity index is 1230. The maximum absolute atomic E-state index is 13.4. The Kier molecular flexibility index (Phi) is 7.23. The lowest BCUT2D eigenvalue weighted by atomic mass is 9.90. The van der Waals surface area contributed by atoms with Crippen LogP contribution in [0.2, 0.25) is 0 Å². The molecule has 2 atom stereocenters. The largest absolute Gasteiger partial charge is 0.433 e. The minimum Gasteiger partial charge on any atom is -0.427 e. The van der Waals surface area contributed by atoms with Crippen molar-refractivity contribution < 1.29 is 27.5 Å². The van der Waals surface area contributed by atoms with E-state index in [4.69, 9.17) is 4.74 Å². The number of hydrogen-bond donors (Lipinski definition) is 2. The molecule has 1 saturated carbocycles. The van der Waals surface area contributed by atoms with E-state index in [-0.39, 0.29) is 35.9 Å². The lowest BCUT2D eigenvalue weighted by Crippen LogP contribution is -2.41. The predicted molar refractivity (Wildman–Crippen MR) is 126 cm³/mol. The van der Waals surface area contributed by atoms with Gasteiger partial charge in [-0.2, -0.15) is 13.2 Å². The minimum absolute atomic E-state index is 0.113. The van der Waals surface area contributed by atoms with Crippen LogP contribution in [0, 0.1) is 0 Å². The molecule has 35 heavy (non-hydrogen) atoms. The van der Waals surface area contributed by atoms with E-state index >= 15 is 0 Å². The standard InChI is InChI=1S/C26H26F3N3O3/c1-2-24(33)35-19-10-5-7-16(13-19)25(34)31-18-9-6-8-17(14-18)30-22-15-23(26(27,28)29)32-21-12-4-3-11-20(21)22/h3-5,7,10-13,15,17-18H,2,6,8-9,14H2,1H3,(H,30,32)(H,31,34)/t17-,18+/m0/s1. The third-order valence-corrected chi connectivity index (χ3v) is 5.99. The molecule has 0 radical (unpaired) electrons. The Morgan fingerprint density at radius 2 is 1.83 bits per heavy atom. The highest BCUT2D eigenvalue weighted by Crippen LogP contribution is 2.34. The van der Waals surface area contributed by atoms with Gasteiger partial charge < -0.3 is 15.4 Å². The van der Waals surface area contributed by atoms with E-state index in [1.807, 2.05) is 0 Å². The molecule has 1 aromatic heterocycles. The van der Waals surface area contributed by atoms with Gasteiger partial charge in [-0.1, -0.05) is 31.2 Å².